The first-order valence-corrected chi connectivity index (χ1v) is 7.78. The number of benzene rings is 2. The van der Waals surface area contributed by atoms with Crippen LogP contribution in [0, 0.1) is 0 Å². The Morgan fingerprint density at radius 2 is 1.96 bits per heavy atom. The lowest BCUT2D eigenvalue weighted by atomic mass is 9.84. The normalized spacial score (nSPS) is 11.5. The maximum Gasteiger partial charge on any atom is 0.183 e. The quantitative estimate of drug-likeness (QED) is 0.693. The van der Waals surface area contributed by atoms with Crippen molar-refractivity contribution in [3.63, 3.8) is 0 Å². The van der Waals surface area contributed by atoms with Crippen molar-refractivity contribution in [1.29, 1.82) is 0 Å². The van der Waals surface area contributed by atoms with Crippen LogP contribution in [-0.2, 0) is 5.41 Å². The van der Waals surface area contributed by atoms with E-state index in [4.69, 9.17) is 9.26 Å². The molecule has 1 heterocycles. The lowest BCUT2D eigenvalue weighted by molar-refractivity contribution is 0.112. The van der Waals surface area contributed by atoms with E-state index in [1.807, 2.05) is 18.2 Å². The third-order valence-electron chi connectivity index (χ3n) is 4.21. The first kappa shape index (κ1) is 16.1. The topological polar surface area (TPSA) is 64.4 Å². The number of methoxy groups -OCH3 is 1. The molecule has 3 aromatic rings. The lowest BCUT2D eigenvalue weighted by Crippen LogP contribution is -2.27. The molecule has 24 heavy (non-hydrogen) atoms. The summed E-state index contributed by atoms with van der Waals surface area (Å²) in [6.45, 7) is 4.98. The Kier molecular flexibility index (Phi) is 4.25. The Morgan fingerprint density at radius 1 is 1.21 bits per heavy atom. The van der Waals surface area contributed by atoms with Gasteiger partial charge in [-0.05, 0) is 17.7 Å². The van der Waals surface area contributed by atoms with Crippen LogP contribution in [0.4, 0.5) is 5.82 Å². The second kappa shape index (κ2) is 6.35. The number of aldehydes is 1. The number of aromatic nitrogens is 1. The SMILES string of the molecule is COc1ccc(C=O)c2onc(NCC(C)(C)c3ccccc3)c12. The van der Waals surface area contributed by atoms with E-state index >= 15 is 0 Å². The highest BCUT2D eigenvalue weighted by atomic mass is 16.5. The van der Waals surface area contributed by atoms with Gasteiger partial charge in [-0.3, -0.25) is 4.79 Å². The molecule has 0 aliphatic carbocycles. The first-order chi connectivity index (χ1) is 11.6. The van der Waals surface area contributed by atoms with Crippen molar-refractivity contribution in [2.45, 2.75) is 19.3 Å². The van der Waals surface area contributed by atoms with E-state index in [0.717, 1.165) is 6.29 Å². The molecule has 1 N–H and O–H groups in total. The molecule has 5 heteroatoms. The molecule has 0 fully saturated rings. The fraction of sp³-hybridized carbons (Fsp3) is 0.263. The monoisotopic (exact) mass is 324 g/mol. The predicted octanol–water partition coefficient (Wildman–Crippen LogP) is 4.04. The molecule has 0 unspecified atom stereocenters. The average Bonchev–Trinajstić information content (AvgIpc) is 3.04. The molecule has 124 valence electrons. The number of carbonyl (C=O) groups is 1. The van der Waals surface area contributed by atoms with E-state index in [2.05, 4.69) is 36.5 Å². The molecule has 0 spiro atoms. The zero-order chi connectivity index (χ0) is 17.2. The van der Waals surface area contributed by atoms with Gasteiger partial charge >= 0.3 is 0 Å². The molecule has 0 atom stereocenters. The largest absolute Gasteiger partial charge is 0.496 e. The summed E-state index contributed by atoms with van der Waals surface area (Å²) in [5.74, 6) is 1.20. The van der Waals surface area contributed by atoms with E-state index < -0.39 is 0 Å². The fourth-order valence-corrected chi connectivity index (χ4v) is 2.72. The van der Waals surface area contributed by atoms with Crippen molar-refractivity contribution in [2.75, 3.05) is 19.0 Å². The van der Waals surface area contributed by atoms with Crippen molar-refractivity contribution in [2.24, 2.45) is 0 Å². The van der Waals surface area contributed by atoms with E-state index in [-0.39, 0.29) is 5.41 Å². The highest BCUT2D eigenvalue weighted by Crippen LogP contribution is 2.34. The number of ether oxygens (including phenoxy) is 1. The molecule has 0 saturated heterocycles. The lowest BCUT2D eigenvalue weighted by Gasteiger charge is -2.25. The number of rotatable bonds is 6. The minimum Gasteiger partial charge on any atom is -0.496 e. The standard InChI is InChI=1S/C19H20N2O3/c1-19(2,14-7-5-4-6-8-14)12-20-18-16-15(23-3)10-9-13(11-22)17(16)24-21-18/h4-11H,12H2,1-3H3,(H,20,21). The van der Waals surface area contributed by atoms with Crippen molar-refractivity contribution < 1.29 is 14.1 Å². The number of fused-ring (bicyclic) bond motifs is 1. The summed E-state index contributed by atoms with van der Waals surface area (Å²) in [7, 11) is 1.58. The van der Waals surface area contributed by atoms with Gasteiger partial charge in [0.2, 0.25) is 0 Å². The molecule has 3 rings (SSSR count). The third kappa shape index (κ3) is 2.85. The highest BCUT2D eigenvalue weighted by Gasteiger charge is 2.23. The molecule has 1 aromatic heterocycles. The number of hydrogen-bond acceptors (Lipinski definition) is 5. The molecule has 2 aromatic carbocycles. The van der Waals surface area contributed by atoms with Gasteiger partial charge in [-0.25, -0.2) is 0 Å². The first-order valence-electron chi connectivity index (χ1n) is 7.78. The van der Waals surface area contributed by atoms with Gasteiger partial charge in [0.25, 0.3) is 0 Å². The zero-order valence-electron chi connectivity index (χ0n) is 14.0. The van der Waals surface area contributed by atoms with Gasteiger partial charge in [0, 0.05) is 12.0 Å². The molecule has 0 saturated carbocycles. The molecule has 0 aliphatic rings. The molecule has 0 radical (unpaired) electrons. The van der Waals surface area contributed by atoms with Gasteiger partial charge < -0.3 is 14.6 Å². The van der Waals surface area contributed by atoms with Crippen LogP contribution in [-0.4, -0.2) is 25.1 Å². The number of nitrogens with one attached hydrogen (secondary N) is 1. The Bertz CT molecular complexity index is 854. The van der Waals surface area contributed by atoms with Crippen LogP contribution >= 0.6 is 0 Å². The molecular weight excluding hydrogens is 304 g/mol. The Balaban J connectivity index is 1.92. The second-order valence-electron chi connectivity index (χ2n) is 6.31. The van der Waals surface area contributed by atoms with Gasteiger partial charge in [-0.15, -0.1) is 0 Å². The zero-order valence-corrected chi connectivity index (χ0v) is 14.0. The number of carbonyl (C=O) groups excluding carboxylic acids is 1. The van der Waals surface area contributed by atoms with Gasteiger partial charge in [0.05, 0.1) is 12.7 Å². The fourth-order valence-electron chi connectivity index (χ4n) is 2.72. The van der Waals surface area contributed by atoms with Crippen LogP contribution in [0.1, 0.15) is 29.8 Å². The third-order valence-corrected chi connectivity index (χ3v) is 4.21. The minimum atomic E-state index is -0.0952. The van der Waals surface area contributed by atoms with Gasteiger partial charge in [0.15, 0.2) is 17.7 Å². The molecule has 0 bridgehead atoms. The van der Waals surface area contributed by atoms with Crippen molar-refractivity contribution in [3.05, 3.63) is 53.6 Å². The van der Waals surface area contributed by atoms with Crippen LogP contribution in [0.25, 0.3) is 11.0 Å². The van der Waals surface area contributed by atoms with E-state index in [1.165, 1.54) is 5.56 Å². The van der Waals surface area contributed by atoms with Gasteiger partial charge in [0.1, 0.15) is 11.1 Å². The minimum absolute atomic E-state index is 0.0952. The summed E-state index contributed by atoms with van der Waals surface area (Å²) in [6, 6.07) is 13.7. The summed E-state index contributed by atoms with van der Waals surface area (Å²) >= 11 is 0. The predicted molar refractivity (Wildman–Crippen MR) is 93.9 cm³/mol. The Hall–Kier alpha value is -2.82. The van der Waals surface area contributed by atoms with Crippen LogP contribution in [0.2, 0.25) is 0 Å². The van der Waals surface area contributed by atoms with Crippen molar-refractivity contribution in [3.8, 4) is 5.75 Å². The Labute approximate surface area is 140 Å². The summed E-state index contributed by atoms with van der Waals surface area (Å²) in [6.07, 6.45) is 0.755. The van der Waals surface area contributed by atoms with E-state index in [0.29, 0.717) is 34.6 Å². The summed E-state index contributed by atoms with van der Waals surface area (Å²) < 4.78 is 10.7. The molecular formula is C19H20N2O3. The van der Waals surface area contributed by atoms with Crippen molar-refractivity contribution in [1.82, 2.24) is 5.16 Å². The molecule has 5 nitrogen and oxygen atoms in total. The van der Waals surface area contributed by atoms with Crippen LogP contribution in [0.5, 0.6) is 5.75 Å². The van der Waals surface area contributed by atoms with Gasteiger partial charge in [-0.2, -0.15) is 0 Å². The van der Waals surface area contributed by atoms with Gasteiger partial charge in [-0.1, -0.05) is 49.3 Å². The molecule has 0 amide bonds. The van der Waals surface area contributed by atoms with Crippen molar-refractivity contribution >= 4 is 23.1 Å². The van der Waals surface area contributed by atoms with Crippen LogP contribution in [0.15, 0.2) is 47.0 Å². The molecule has 0 aliphatic heterocycles. The average molecular weight is 324 g/mol. The Morgan fingerprint density at radius 3 is 2.62 bits per heavy atom. The van der Waals surface area contributed by atoms with Crippen LogP contribution < -0.4 is 10.1 Å². The van der Waals surface area contributed by atoms with E-state index in [9.17, 15) is 4.79 Å². The maximum atomic E-state index is 11.2. The summed E-state index contributed by atoms with van der Waals surface area (Å²) in [5.41, 5.74) is 2.02. The second-order valence-corrected chi connectivity index (χ2v) is 6.31. The number of nitrogens with zero attached hydrogens (tertiary/aromatic N) is 1. The highest BCUT2D eigenvalue weighted by molar-refractivity contribution is 6.02. The smallest absolute Gasteiger partial charge is 0.183 e. The summed E-state index contributed by atoms with van der Waals surface area (Å²) in [4.78, 5) is 11.2. The number of hydrogen-bond donors (Lipinski definition) is 1. The van der Waals surface area contributed by atoms with E-state index in [1.54, 1.807) is 19.2 Å². The number of anilines is 1. The maximum absolute atomic E-state index is 11.2. The van der Waals surface area contributed by atoms with Crippen LogP contribution in [0.3, 0.4) is 0 Å². The summed E-state index contributed by atoms with van der Waals surface area (Å²) in [5, 5.41) is 8.10.